The zero-order valence-electron chi connectivity index (χ0n) is 5.78. The van der Waals surface area contributed by atoms with Gasteiger partial charge in [-0.3, -0.25) is 0 Å². The molecular formula is C6H10N2O2. The number of hydrogen-bond donors (Lipinski definition) is 2. The molecule has 1 aromatic heterocycles. The molecule has 0 radical (unpaired) electrons. The zero-order chi connectivity index (χ0) is 7.56. The van der Waals surface area contributed by atoms with Gasteiger partial charge >= 0.3 is 0 Å². The van der Waals surface area contributed by atoms with E-state index in [1.165, 1.54) is 4.68 Å². The summed E-state index contributed by atoms with van der Waals surface area (Å²) in [6, 6.07) is 1.55. The van der Waals surface area contributed by atoms with Gasteiger partial charge in [0.15, 0.2) is 0 Å². The fraction of sp³-hybridized carbons (Fsp3) is 0.500. The van der Waals surface area contributed by atoms with Crippen molar-refractivity contribution in [3.8, 4) is 5.88 Å². The van der Waals surface area contributed by atoms with Gasteiger partial charge in [-0.05, 0) is 6.92 Å². The van der Waals surface area contributed by atoms with Crippen molar-refractivity contribution in [1.29, 1.82) is 0 Å². The molecule has 0 saturated heterocycles. The van der Waals surface area contributed by atoms with Gasteiger partial charge in [-0.1, -0.05) is 0 Å². The number of hydrogen-bond acceptors (Lipinski definition) is 3. The first-order chi connectivity index (χ1) is 4.74. The average molecular weight is 142 g/mol. The van der Waals surface area contributed by atoms with Crippen LogP contribution in [-0.2, 0) is 6.54 Å². The van der Waals surface area contributed by atoms with Crippen LogP contribution in [0.15, 0.2) is 6.07 Å². The molecule has 0 amide bonds. The second-order valence-corrected chi connectivity index (χ2v) is 2.09. The van der Waals surface area contributed by atoms with Crippen molar-refractivity contribution < 1.29 is 10.2 Å². The van der Waals surface area contributed by atoms with E-state index in [4.69, 9.17) is 10.2 Å². The van der Waals surface area contributed by atoms with Gasteiger partial charge < -0.3 is 10.2 Å². The molecule has 0 unspecified atom stereocenters. The fourth-order valence-electron chi connectivity index (χ4n) is 0.791. The highest BCUT2D eigenvalue weighted by Crippen LogP contribution is 2.08. The second kappa shape index (κ2) is 2.70. The largest absolute Gasteiger partial charge is 0.493 e. The predicted molar refractivity (Wildman–Crippen MR) is 35.7 cm³/mol. The first-order valence-electron chi connectivity index (χ1n) is 3.08. The molecule has 56 valence electrons. The van der Waals surface area contributed by atoms with E-state index in [-0.39, 0.29) is 12.5 Å². The van der Waals surface area contributed by atoms with Gasteiger partial charge in [0.05, 0.1) is 18.8 Å². The first kappa shape index (κ1) is 7.08. The Balaban J connectivity index is 2.81. The molecule has 0 aliphatic rings. The van der Waals surface area contributed by atoms with Crippen molar-refractivity contribution in [2.75, 3.05) is 6.61 Å². The molecular weight excluding hydrogens is 132 g/mol. The van der Waals surface area contributed by atoms with Gasteiger partial charge in [-0.15, -0.1) is 0 Å². The van der Waals surface area contributed by atoms with Crippen molar-refractivity contribution in [3.63, 3.8) is 0 Å². The summed E-state index contributed by atoms with van der Waals surface area (Å²) in [6.45, 7) is 2.13. The summed E-state index contributed by atoms with van der Waals surface area (Å²) in [5.41, 5.74) is 0.756. The Morgan fingerprint density at radius 3 is 2.80 bits per heavy atom. The molecule has 1 heterocycles. The van der Waals surface area contributed by atoms with Crippen LogP contribution in [0.25, 0.3) is 0 Å². The van der Waals surface area contributed by atoms with Crippen molar-refractivity contribution in [1.82, 2.24) is 9.78 Å². The molecule has 1 aromatic rings. The molecule has 4 heteroatoms. The standard InChI is InChI=1S/C6H10N2O2/c1-5-4-6(10)8(7-5)2-3-9/h4,9-10H,2-3H2,1H3. The minimum atomic E-state index is -0.00528. The molecule has 0 bridgehead atoms. The summed E-state index contributed by atoms with van der Waals surface area (Å²) in [5.74, 6) is 0.103. The normalized spacial score (nSPS) is 10.2. The van der Waals surface area contributed by atoms with Crippen LogP contribution in [-0.4, -0.2) is 26.6 Å². The monoisotopic (exact) mass is 142 g/mol. The maximum atomic E-state index is 9.05. The summed E-state index contributed by atoms with van der Waals surface area (Å²) < 4.78 is 1.36. The number of aromatic hydroxyl groups is 1. The Hall–Kier alpha value is -1.03. The summed E-state index contributed by atoms with van der Waals surface area (Å²) in [5, 5.41) is 21.4. The lowest BCUT2D eigenvalue weighted by atomic mass is 10.5. The Kier molecular flexibility index (Phi) is 1.91. The number of aryl methyl sites for hydroxylation is 1. The molecule has 0 aromatic carbocycles. The third kappa shape index (κ3) is 1.27. The third-order valence-corrected chi connectivity index (χ3v) is 1.19. The highest BCUT2D eigenvalue weighted by Gasteiger charge is 2.00. The van der Waals surface area contributed by atoms with Crippen molar-refractivity contribution in [3.05, 3.63) is 11.8 Å². The Bertz CT molecular complexity index is 220. The van der Waals surface area contributed by atoms with Crippen LogP contribution < -0.4 is 0 Å². The Labute approximate surface area is 58.7 Å². The van der Waals surface area contributed by atoms with Gasteiger partial charge in [0.2, 0.25) is 5.88 Å². The lowest BCUT2D eigenvalue weighted by Crippen LogP contribution is -2.03. The first-order valence-corrected chi connectivity index (χ1v) is 3.08. The Morgan fingerprint density at radius 1 is 1.70 bits per heavy atom. The van der Waals surface area contributed by atoms with Gasteiger partial charge in [0.1, 0.15) is 0 Å². The van der Waals surface area contributed by atoms with Crippen LogP contribution >= 0.6 is 0 Å². The SMILES string of the molecule is Cc1cc(O)n(CCO)n1. The molecule has 0 atom stereocenters. The number of rotatable bonds is 2. The van der Waals surface area contributed by atoms with Gasteiger partial charge in [0, 0.05) is 6.07 Å². The molecule has 0 spiro atoms. The van der Waals surface area contributed by atoms with E-state index in [2.05, 4.69) is 5.10 Å². The smallest absolute Gasteiger partial charge is 0.209 e. The molecule has 0 aliphatic heterocycles. The topological polar surface area (TPSA) is 58.3 Å². The minimum absolute atomic E-state index is 0.00528. The van der Waals surface area contributed by atoms with Crippen LogP contribution in [0.3, 0.4) is 0 Å². The number of aliphatic hydroxyl groups excluding tert-OH is 1. The van der Waals surface area contributed by atoms with Crippen LogP contribution in [0.4, 0.5) is 0 Å². The second-order valence-electron chi connectivity index (χ2n) is 2.09. The van der Waals surface area contributed by atoms with Crippen LogP contribution in [0, 0.1) is 6.92 Å². The summed E-state index contributed by atoms with van der Waals surface area (Å²) >= 11 is 0. The number of aliphatic hydroxyl groups is 1. The molecule has 0 aliphatic carbocycles. The lowest BCUT2D eigenvalue weighted by Gasteiger charge is -1.96. The molecule has 2 N–H and O–H groups in total. The zero-order valence-corrected chi connectivity index (χ0v) is 5.78. The van der Waals surface area contributed by atoms with Crippen molar-refractivity contribution in [2.24, 2.45) is 0 Å². The maximum Gasteiger partial charge on any atom is 0.209 e. The summed E-state index contributed by atoms with van der Waals surface area (Å²) in [4.78, 5) is 0. The third-order valence-electron chi connectivity index (χ3n) is 1.19. The molecule has 1 rings (SSSR count). The predicted octanol–water partition coefficient (Wildman–Crippen LogP) is -0.111. The van der Waals surface area contributed by atoms with Crippen LogP contribution in [0.5, 0.6) is 5.88 Å². The van der Waals surface area contributed by atoms with E-state index < -0.39 is 0 Å². The summed E-state index contributed by atoms with van der Waals surface area (Å²) in [6.07, 6.45) is 0. The van der Waals surface area contributed by atoms with E-state index in [9.17, 15) is 0 Å². The van der Waals surface area contributed by atoms with Gasteiger partial charge in [-0.25, -0.2) is 4.68 Å². The average Bonchev–Trinajstić information content (AvgIpc) is 2.13. The Morgan fingerprint density at radius 2 is 2.40 bits per heavy atom. The molecule has 0 saturated carbocycles. The van der Waals surface area contributed by atoms with E-state index in [1.54, 1.807) is 13.0 Å². The van der Waals surface area contributed by atoms with Gasteiger partial charge in [0.25, 0.3) is 0 Å². The lowest BCUT2D eigenvalue weighted by molar-refractivity contribution is 0.258. The molecule has 4 nitrogen and oxygen atoms in total. The fourth-order valence-corrected chi connectivity index (χ4v) is 0.791. The highest BCUT2D eigenvalue weighted by molar-refractivity contribution is 5.12. The van der Waals surface area contributed by atoms with E-state index in [0.717, 1.165) is 5.69 Å². The van der Waals surface area contributed by atoms with Crippen LogP contribution in [0.1, 0.15) is 5.69 Å². The quantitative estimate of drug-likeness (QED) is 0.605. The van der Waals surface area contributed by atoms with E-state index in [0.29, 0.717) is 6.54 Å². The van der Waals surface area contributed by atoms with Gasteiger partial charge in [-0.2, -0.15) is 5.10 Å². The van der Waals surface area contributed by atoms with E-state index in [1.807, 2.05) is 0 Å². The van der Waals surface area contributed by atoms with Crippen molar-refractivity contribution in [2.45, 2.75) is 13.5 Å². The molecule has 0 fully saturated rings. The van der Waals surface area contributed by atoms with E-state index >= 15 is 0 Å². The summed E-state index contributed by atoms with van der Waals surface area (Å²) in [7, 11) is 0. The minimum Gasteiger partial charge on any atom is -0.493 e. The van der Waals surface area contributed by atoms with Crippen LogP contribution in [0.2, 0.25) is 0 Å². The number of nitrogens with zero attached hydrogens (tertiary/aromatic N) is 2. The number of aromatic nitrogens is 2. The maximum absolute atomic E-state index is 9.05. The van der Waals surface area contributed by atoms with Crippen molar-refractivity contribution >= 4 is 0 Å². The molecule has 10 heavy (non-hydrogen) atoms. The highest BCUT2D eigenvalue weighted by atomic mass is 16.3.